The molecule has 9 heteroatoms. The Kier molecular flexibility index (Phi) is 6.10. The van der Waals surface area contributed by atoms with Gasteiger partial charge in [-0.1, -0.05) is 0 Å². The van der Waals surface area contributed by atoms with Crippen molar-refractivity contribution in [2.24, 2.45) is 0 Å². The number of amides is 4. The zero-order valence-electron chi connectivity index (χ0n) is 20.9. The van der Waals surface area contributed by atoms with Crippen LogP contribution < -0.4 is 0 Å². The van der Waals surface area contributed by atoms with Crippen molar-refractivity contribution >= 4 is 23.8 Å². The fourth-order valence-corrected chi connectivity index (χ4v) is 4.91. The molecule has 36 heavy (non-hydrogen) atoms. The van der Waals surface area contributed by atoms with Gasteiger partial charge in [-0.05, 0) is 76.8 Å². The van der Waals surface area contributed by atoms with E-state index in [4.69, 9.17) is 9.15 Å². The monoisotopic (exact) mass is 493 g/mol. The van der Waals surface area contributed by atoms with E-state index >= 15 is 0 Å². The van der Waals surface area contributed by atoms with Crippen LogP contribution in [0.4, 0.5) is 4.79 Å². The molecule has 1 aromatic heterocycles. The molecule has 2 aliphatic heterocycles. The van der Waals surface area contributed by atoms with E-state index < -0.39 is 11.5 Å². The van der Waals surface area contributed by atoms with Gasteiger partial charge in [0.25, 0.3) is 17.7 Å². The molecule has 2 fully saturated rings. The minimum Gasteiger partial charge on any atom is -0.467 e. The minimum absolute atomic E-state index is 0.00438. The topological polar surface area (TPSA) is 100 Å². The van der Waals surface area contributed by atoms with E-state index in [0.29, 0.717) is 42.8 Å². The summed E-state index contributed by atoms with van der Waals surface area (Å²) >= 11 is 0. The van der Waals surface area contributed by atoms with Crippen LogP contribution in [-0.4, -0.2) is 69.3 Å². The number of nitrogens with zero attached hydrogens (tertiary/aromatic N) is 3. The number of imide groups is 1. The first-order valence-electron chi connectivity index (χ1n) is 12.5. The van der Waals surface area contributed by atoms with Gasteiger partial charge in [-0.25, -0.2) is 4.79 Å². The molecule has 1 saturated carbocycles. The zero-order valence-corrected chi connectivity index (χ0v) is 20.9. The van der Waals surface area contributed by atoms with E-state index in [1.165, 1.54) is 6.26 Å². The smallest absolute Gasteiger partial charge is 0.410 e. The summed E-state index contributed by atoms with van der Waals surface area (Å²) in [5.41, 5.74) is 0.389. The number of hydrogen-bond donors (Lipinski definition) is 0. The maximum absolute atomic E-state index is 13.7. The third-order valence-corrected chi connectivity index (χ3v) is 6.80. The normalized spacial score (nSPS) is 18.4. The molecule has 0 unspecified atom stereocenters. The van der Waals surface area contributed by atoms with Gasteiger partial charge < -0.3 is 19.0 Å². The van der Waals surface area contributed by atoms with Crippen LogP contribution in [0.5, 0.6) is 0 Å². The molecule has 0 atom stereocenters. The van der Waals surface area contributed by atoms with E-state index in [2.05, 4.69) is 0 Å². The van der Waals surface area contributed by atoms with Crippen molar-refractivity contribution in [3.05, 3.63) is 59.0 Å². The molecule has 3 heterocycles. The van der Waals surface area contributed by atoms with Gasteiger partial charge in [0, 0.05) is 30.7 Å². The standard InChI is InChI=1S/C27H31N3O6/c1-27(2,3)36-26(34)28-12-10-19(11-13-28)30(18-7-8-18)23(31)17-6-9-21-22(15-17)25(33)29(24(21)32)16-20-5-4-14-35-20/h4-6,9,14-15,18-19H,7-8,10-13,16H2,1-3H3. The molecule has 5 rings (SSSR count). The van der Waals surface area contributed by atoms with Crippen molar-refractivity contribution in [2.45, 2.75) is 70.7 Å². The SMILES string of the molecule is CC(C)(C)OC(=O)N1CCC(N(C(=O)c2ccc3c(c2)C(=O)N(Cc2ccco2)C3=O)C2CC2)CC1. The molecule has 0 bridgehead atoms. The third-order valence-electron chi connectivity index (χ3n) is 6.80. The van der Waals surface area contributed by atoms with Crippen LogP contribution in [0.25, 0.3) is 0 Å². The van der Waals surface area contributed by atoms with Crippen molar-refractivity contribution < 1.29 is 28.3 Å². The summed E-state index contributed by atoms with van der Waals surface area (Å²) in [7, 11) is 0. The lowest BCUT2D eigenvalue weighted by Crippen LogP contribution is -2.50. The number of hydrogen-bond acceptors (Lipinski definition) is 6. The van der Waals surface area contributed by atoms with E-state index in [-0.39, 0.29) is 42.1 Å². The quantitative estimate of drug-likeness (QED) is 0.582. The van der Waals surface area contributed by atoms with Crippen molar-refractivity contribution in [1.82, 2.24) is 14.7 Å². The van der Waals surface area contributed by atoms with E-state index in [1.54, 1.807) is 35.2 Å². The predicted molar refractivity (Wildman–Crippen MR) is 129 cm³/mol. The number of ether oxygens (including phenoxy) is 1. The molecule has 1 saturated heterocycles. The van der Waals surface area contributed by atoms with Crippen LogP contribution in [0.15, 0.2) is 41.0 Å². The number of carbonyl (C=O) groups is 4. The second-order valence-corrected chi connectivity index (χ2v) is 10.7. The van der Waals surface area contributed by atoms with Crippen LogP contribution >= 0.6 is 0 Å². The van der Waals surface area contributed by atoms with Gasteiger partial charge in [0.1, 0.15) is 11.4 Å². The molecule has 190 valence electrons. The molecule has 0 spiro atoms. The van der Waals surface area contributed by atoms with Gasteiger partial charge in [-0.15, -0.1) is 0 Å². The molecule has 2 aromatic rings. The Labute approximate surface area is 210 Å². The first-order valence-corrected chi connectivity index (χ1v) is 12.5. The summed E-state index contributed by atoms with van der Waals surface area (Å²) in [6.45, 7) is 6.62. The summed E-state index contributed by atoms with van der Waals surface area (Å²) in [6, 6.07) is 8.33. The van der Waals surface area contributed by atoms with Crippen molar-refractivity contribution in [2.75, 3.05) is 13.1 Å². The summed E-state index contributed by atoms with van der Waals surface area (Å²) in [6.07, 6.45) is 4.39. The minimum atomic E-state index is -0.552. The Balaban J connectivity index is 1.29. The highest BCUT2D eigenvalue weighted by molar-refractivity contribution is 6.22. The average molecular weight is 494 g/mol. The van der Waals surface area contributed by atoms with E-state index in [9.17, 15) is 19.2 Å². The molecule has 0 N–H and O–H groups in total. The lowest BCUT2D eigenvalue weighted by molar-refractivity contribution is 0.0142. The molecule has 9 nitrogen and oxygen atoms in total. The van der Waals surface area contributed by atoms with Crippen LogP contribution in [0.3, 0.4) is 0 Å². The van der Waals surface area contributed by atoms with Crippen molar-refractivity contribution in [1.29, 1.82) is 0 Å². The summed E-state index contributed by atoms with van der Waals surface area (Å²) < 4.78 is 10.8. The molecule has 3 aliphatic rings. The van der Waals surface area contributed by atoms with Gasteiger partial charge in [-0.3, -0.25) is 19.3 Å². The molecule has 1 aliphatic carbocycles. The summed E-state index contributed by atoms with van der Waals surface area (Å²) in [5.74, 6) is -0.442. The van der Waals surface area contributed by atoms with Crippen molar-refractivity contribution in [3.8, 4) is 0 Å². The number of likely N-dealkylation sites (tertiary alicyclic amines) is 1. The fourth-order valence-electron chi connectivity index (χ4n) is 4.91. The van der Waals surface area contributed by atoms with Gasteiger partial charge in [-0.2, -0.15) is 0 Å². The number of fused-ring (bicyclic) bond motifs is 1. The van der Waals surface area contributed by atoms with Crippen LogP contribution in [0.1, 0.15) is 83.3 Å². The molecule has 4 amide bonds. The summed E-state index contributed by atoms with van der Waals surface area (Å²) in [4.78, 5) is 56.7. The molecular weight excluding hydrogens is 462 g/mol. The second kappa shape index (κ2) is 9.11. The number of furan rings is 1. The lowest BCUT2D eigenvalue weighted by atomic mass is 10.00. The number of benzene rings is 1. The third kappa shape index (κ3) is 4.74. The highest BCUT2D eigenvalue weighted by atomic mass is 16.6. The van der Waals surface area contributed by atoms with Crippen molar-refractivity contribution in [3.63, 3.8) is 0 Å². The Hall–Kier alpha value is -3.62. The number of rotatable bonds is 5. The Morgan fingerprint density at radius 3 is 2.28 bits per heavy atom. The summed E-state index contributed by atoms with van der Waals surface area (Å²) in [5, 5.41) is 0. The van der Waals surface area contributed by atoms with Gasteiger partial charge >= 0.3 is 6.09 Å². The highest BCUT2D eigenvalue weighted by Crippen LogP contribution is 2.34. The van der Waals surface area contributed by atoms with Crippen LogP contribution in [0.2, 0.25) is 0 Å². The predicted octanol–water partition coefficient (Wildman–Crippen LogP) is 4.08. The Morgan fingerprint density at radius 1 is 1.00 bits per heavy atom. The lowest BCUT2D eigenvalue weighted by Gasteiger charge is -2.39. The Morgan fingerprint density at radius 2 is 1.67 bits per heavy atom. The second-order valence-electron chi connectivity index (χ2n) is 10.7. The van der Waals surface area contributed by atoms with E-state index in [0.717, 1.165) is 17.7 Å². The first kappa shape index (κ1) is 24.1. The molecular formula is C27H31N3O6. The molecule has 1 aromatic carbocycles. The zero-order chi connectivity index (χ0) is 25.6. The first-order chi connectivity index (χ1) is 17.1. The van der Waals surface area contributed by atoms with Gasteiger partial charge in [0.05, 0.1) is 23.9 Å². The number of piperidine rings is 1. The van der Waals surface area contributed by atoms with Gasteiger partial charge in [0.2, 0.25) is 0 Å². The highest BCUT2D eigenvalue weighted by Gasteiger charge is 2.41. The van der Waals surface area contributed by atoms with Crippen LogP contribution in [0, 0.1) is 0 Å². The fraction of sp³-hybridized carbons (Fsp3) is 0.481. The maximum Gasteiger partial charge on any atom is 0.410 e. The number of carbonyl (C=O) groups excluding carboxylic acids is 4. The van der Waals surface area contributed by atoms with Gasteiger partial charge in [0.15, 0.2) is 0 Å². The maximum atomic E-state index is 13.7. The van der Waals surface area contributed by atoms with Crippen LogP contribution in [-0.2, 0) is 11.3 Å². The van der Waals surface area contributed by atoms with E-state index in [1.807, 2.05) is 25.7 Å². The largest absolute Gasteiger partial charge is 0.467 e. The Bertz CT molecular complexity index is 1190. The average Bonchev–Trinajstić information content (AvgIpc) is 3.48. The molecule has 0 radical (unpaired) electrons.